The number of carbonyl (C=O) groups excluding carboxylic acids is 1. The first-order valence-electron chi connectivity index (χ1n) is 8.04. The van der Waals surface area contributed by atoms with Gasteiger partial charge in [0.15, 0.2) is 5.76 Å². The fourth-order valence-electron chi connectivity index (χ4n) is 2.87. The first-order valence-corrected chi connectivity index (χ1v) is 8.04. The molecule has 6 nitrogen and oxygen atoms in total. The number of hydrogen-bond acceptors (Lipinski definition) is 5. The third-order valence-electron chi connectivity index (χ3n) is 4.06. The summed E-state index contributed by atoms with van der Waals surface area (Å²) >= 11 is 0. The van der Waals surface area contributed by atoms with Gasteiger partial charge in [0.1, 0.15) is 0 Å². The van der Waals surface area contributed by atoms with E-state index in [2.05, 4.69) is 6.92 Å². The number of rotatable bonds is 11. The predicted octanol–water partition coefficient (Wildman–Crippen LogP) is 1.76. The van der Waals surface area contributed by atoms with Gasteiger partial charge < -0.3 is 24.6 Å². The quantitative estimate of drug-likeness (QED) is 0.568. The number of methoxy groups -OCH3 is 2. The SMILES string of the molecule is CCCCCCCCN1C(=O)C(OC)=C(OC)C1(O)CCO. The number of unbranched alkanes of at least 4 members (excludes halogenated alkanes) is 5. The largest absolute Gasteiger partial charge is 0.492 e. The molecule has 1 rings (SSSR count). The monoisotopic (exact) mass is 315 g/mol. The smallest absolute Gasteiger partial charge is 0.295 e. The number of nitrogens with zero attached hydrogens (tertiary/aromatic N) is 1. The average Bonchev–Trinajstić information content (AvgIpc) is 2.70. The Balaban J connectivity index is 2.70. The van der Waals surface area contributed by atoms with E-state index in [-0.39, 0.29) is 30.5 Å². The summed E-state index contributed by atoms with van der Waals surface area (Å²) in [5, 5.41) is 20.0. The van der Waals surface area contributed by atoms with Crippen molar-refractivity contribution in [2.45, 2.75) is 57.6 Å². The van der Waals surface area contributed by atoms with Crippen LogP contribution in [0.15, 0.2) is 11.5 Å². The van der Waals surface area contributed by atoms with Gasteiger partial charge in [-0.15, -0.1) is 0 Å². The third kappa shape index (κ3) is 3.93. The van der Waals surface area contributed by atoms with Gasteiger partial charge in [0.05, 0.1) is 14.2 Å². The minimum Gasteiger partial charge on any atom is -0.492 e. The maximum atomic E-state index is 12.4. The van der Waals surface area contributed by atoms with Crippen LogP contribution in [-0.2, 0) is 14.3 Å². The van der Waals surface area contributed by atoms with E-state index in [1.165, 1.54) is 38.4 Å². The van der Waals surface area contributed by atoms with Crippen molar-refractivity contribution >= 4 is 5.91 Å². The van der Waals surface area contributed by atoms with E-state index in [0.717, 1.165) is 19.3 Å². The minimum atomic E-state index is -1.62. The first-order chi connectivity index (χ1) is 10.6. The van der Waals surface area contributed by atoms with Crippen molar-refractivity contribution in [3.8, 4) is 0 Å². The van der Waals surface area contributed by atoms with Crippen LogP contribution in [0.2, 0.25) is 0 Å². The van der Waals surface area contributed by atoms with Crippen LogP contribution in [0.25, 0.3) is 0 Å². The van der Waals surface area contributed by atoms with Gasteiger partial charge in [0.2, 0.25) is 11.5 Å². The number of hydrogen-bond donors (Lipinski definition) is 2. The molecule has 0 bridgehead atoms. The molecule has 0 aliphatic carbocycles. The summed E-state index contributed by atoms with van der Waals surface area (Å²) in [6, 6.07) is 0. The zero-order valence-electron chi connectivity index (χ0n) is 13.9. The highest BCUT2D eigenvalue weighted by Gasteiger charge is 2.52. The van der Waals surface area contributed by atoms with Gasteiger partial charge in [0, 0.05) is 19.6 Å². The Hall–Kier alpha value is -1.27. The molecular weight excluding hydrogens is 286 g/mol. The van der Waals surface area contributed by atoms with E-state index in [1.807, 2.05) is 0 Å². The molecule has 1 aliphatic rings. The molecule has 1 aliphatic heterocycles. The summed E-state index contributed by atoms with van der Waals surface area (Å²) in [6.07, 6.45) is 6.54. The Labute approximate surface area is 132 Å². The lowest BCUT2D eigenvalue weighted by Gasteiger charge is -2.34. The van der Waals surface area contributed by atoms with Gasteiger partial charge in [-0.2, -0.15) is 0 Å². The zero-order valence-corrected chi connectivity index (χ0v) is 13.9. The lowest BCUT2D eigenvalue weighted by molar-refractivity contribution is -0.151. The van der Waals surface area contributed by atoms with E-state index >= 15 is 0 Å². The van der Waals surface area contributed by atoms with Crippen LogP contribution in [0.3, 0.4) is 0 Å². The van der Waals surface area contributed by atoms with E-state index in [0.29, 0.717) is 6.54 Å². The highest BCUT2D eigenvalue weighted by Crippen LogP contribution is 2.37. The highest BCUT2D eigenvalue weighted by atomic mass is 16.5. The molecule has 0 saturated heterocycles. The summed E-state index contributed by atoms with van der Waals surface area (Å²) < 4.78 is 10.3. The van der Waals surface area contributed by atoms with Gasteiger partial charge in [-0.1, -0.05) is 39.0 Å². The molecule has 0 fully saturated rings. The maximum absolute atomic E-state index is 12.4. The molecule has 0 aromatic heterocycles. The third-order valence-corrected chi connectivity index (χ3v) is 4.06. The molecule has 1 atom stereocenters. The fourth-order valence-corrected chi connectivity index (χ4v) is 2.87. The van der Waals surface area contributed by atoms with Crippen molar-refractivity contribution in [1.29, 1.82) is 0 Å². The second-order valence-electron chi connectivity index (χ2n) is 5.58. The Bertz CT molecular complexity index is 396. The van der Waals surface area contributed by atoms with E-state index in [4.69, 9.17) is 9.47 Å². The number of carbonyl (C=O) groups is 1. The van der Waals surface area contributed by atoms with Crippen LogP contribution in [0.4, 0.5) is 0 Å². The zero-order chi connectivity index (χ0) is 16.6. The molecule has 2 N–H and O–H groups in total. The summed E-state index contributed by atoms with van der Waals surface area (Å²) in [6.45, 7) is 2.34. The molecule has 0 saturated carbocycles. The summed E-state index contributed by atoms with van der Waals surface area (Å²) in [7, 11) is 2.76. The van der Waals surface area contributed by atoms with Crippen molar-refractivity contribution < 1.29 is 24.5 Å². The molecule has 6 heteroatoms. The van der Waals surface area contributed by atoms with E-state index in [1.54, 1.807) is 0 Å². The molecule has 1 heterocycles. The second kappa shape index (κ2) is 9.00. The van der Waals surface area contributed by atoms with Gasteiger partial charge in [-0.05, 0) is 6.42 Å². The van der Waals surface area contributed by atoms with Crippen LogP contribution >= 0.6 is 0 Å². The molecule has 0 radical (unpaired) electrons. The molecular formula is C16H29NO5. The Kier molecular flexibility index (Phi) is 7.68. The fraction of sp³-hybridized carbons (Fsp3) is 0.812. The van der Waals surface area contributed by atoms with Gasteiger partial charge in [0.25, 0.3) is 5.91 Å². The second-order valence-corrected chi connectivity index (χ2v) is 5.58. The summed E-state index contributed by atoms with van der Waals surface area (Å²) in [5.41, 5.74) is -1.62. The van der Waals surface area contributed by atoms with E-state index in [9.17, 15) is 15.0 Å². The summed E-state index contributed by atoms with van der Waals surface area (Å²) in [5.74, 6) is -0.284. The molecule has 0 aromatic rings. The number of aliphatic hydroxyl groups is 2. The van der Waals surface area contributed by atoms with Crippen molar-refractivity contribution in [1.82, 2.24) is 4.90 Å². The Morgan fingerprint density at radius 3 is 2.27 bits per heavy atom. The molecule has 0 aromatic carbocycles. The molecule has 0 spiro atoms. The van der Waals surface area contributed by atoms with Gasteiger partial charge >= 0.3 is 0 Å². The standard InChI is InChI=1S/C16H29NO5/c1-4-5-6-7-8-9-11-17-15(19)13(21-2)14(22-3)16(17,20)10-12-18/h18,20H,4-12H2,1-3H3. The van der Waals surface area contributed by atoms with Crippen molar-refractivity contribution in [3.63, 3.8) is 0 Å². The molecule has 128 valence electrons. The van der Waals surface area contributed by atoms with Crippen LogP contribution in [0.1, 0.15) is 51.9 Å². The van der Waals surface area contributed by atoms with Crippen molar-refractivity contribution in [2.75, 3.05) is 27.4 Å². The predicted molar refractivity (Wildman–Crippen MR) is 82.8 cm³/mol. The number of ether oxygens (including phenoxy) is 2. The van der Waals surface area contributed by atoms with Crippen LogP contribution in [0.5, 0.6) is 0 Å². The number of aliphatic hydroxyl groups excluding tert-OH is 1. The average molecular weight is 315 g/mol. The van der Waals surface area contributed by atoms with Gasteiger partial charge in [-0.3, -0.25) is 4.79 Å². The Morgan fingerprint density at radius 2 is 1.73 bits per heavy atom. The highest BCUT2D eigenvalue weighted by molar-refractivity contribution is 5.95. The van der Waals surface area contributed by atoms with Crippen LogP contribution < -0.4 is 0 Å². The lowest BCUT2D eigenvalue weighted by Crippen LogP contribution is -2.49. The van der Waals surface area contributed by atoms with Gasteiger partial charge in [-0.25, -0.2) is 0 Å². The van der Waals surface area contributed by atoms with E-state index < -0.39 is 5.72 Å². The number of amides is 1. The molecule has 1 unspecified atom stereocenters. The summed E-state index contributed by atoms with van der Waals surface area (Å²) in [4.78, 5) is 13.7. The lowest BCUT2D eigenvalue weighted by atomic mass is 10.1. The van der Waals surface area contributed by atoms with Crippen LogP contribution in [-0.4, -0.2) is 54.1 Å². The molecule has 22 heavy (non-hydrogen) atoms. The minimum absolute atomic E-state index is 0.00457. The normalized spacial score (nSPS) is 21.7. The Morgan fingerprint density at radius 1 is 1.09 bits per heavy atom. The van der Waals surface area contributed by atoms with Crippen molar-refractivity contribution in [3.05, 3.63) is 11.5 Å². The molecule has 1 amide bonds. The maximum Gasteiger partial charge on any atom is 0.295 e. The first kappa shape index (κ1) is 18.8. The van der Waals surface area contributed by atoms with Crippen LogP contribution in [0, 0.1) is 0 Å². The topological polar surface area (TPSA) is 79.2 Å². The van der Waals surface area contributed by atoms with Crippen molar-refractivity contribution in [2.24, 2.45) is 0 Å².